The molecule has 1 saturated heterocycles. The number of amides is 1. The van der Waals surface area contributed by atoms with E-state index in [-0.39, 0.29) is 18.6 Å². The van der Waals surface area contributed by atoms with Crippen LogP contribution in [0.15, 0.2) is 60.8 Å². The van der Waals surface area contributed by atoms with E-state index < -0.39 is 5.97 Å². The molecule has 0 saturated carbocycles. The summed E-state index contributed by atoms with van der Waals surface area (Å²) in [5, 5.41) is 7.37. The number of carbonyl (C=O) groups excluding carboxylic acids is 2. The Bertz CT molecular complexity index is 1040. The number of nitrogens with one attached hydrogen (secondary N) is 1. The van der Waals surface area contributed by atoms with Gasteiger partial charge in [-0.25, -0.2) is 9.48 Å². The lowest BCUT2D eigenvalue weighted by Gasteiger charge is -2.11. The molecule has 0 spiro atoms. The van der Waals surface area contributed by atoms with Gasteiger partial charge in [0.05, 0.1) is 11.8 Å². The number of para-hydroxylation sites is 1. The molecule has 2 heterocycles. The highest BCUT2D eigenvalue weighted by Gasteiger charge is 2.21. The zero-order chi connectivity index (χ0) is 21.6. The van der Waals surface area contributed by atoms with Crippen molar-refractivity contribution >= 4 is 11.9 Å². The summed E-state index contributed by atoms with van der Waals surface area (Å²) >= 11 is 0. The van der Waals surface area contributed by atoms with Gasteiger partial charge in [-0.1, -0.05) is 48.0 Å². The van der Waals surface area contributed by atoms with E-state index in [4.69, 9.17) is 9.47 Å². The Morgan fingerprint density at radius 3 is 2.65 bits per heavy atom. The number of aromatic nitrogens is 2. The fraction of sp³-hybridized carbons (Fsp3) is 0.292. The highest BCUT2D eigenvalue weighted by molar-refractivity contribution is 5.97. The summed E-state index contributed by atoms with van der Waals surface area (Å²) in [5.41, 5.74) is 3.55. The van der Waals surface area contributed by atoms with Gasteiger partial charge in [-0.3, -0.25) is 4.79 Å². The second kappa shape index (κ2) is 9.57. The topological polar surface area (TPSA) is 82.5 Å². The lowest BCUT2D eigenvalue weighted by molar-refractivity contribution is -0.124. The number of aryl methyl sites for hydroxylation is 1. The maximum absolute atomic E-state index is 12.8. The smallest absolute Gasteiger partial charge is 0.342 e. The average Bonchev–Trinajstić information content (AvgIpc) is 3.47. The highest BCUT2D eigenvalue weighted by Crippen LogP contribution is 2.25. The molecule has 1 aromatic heterocycles. The van der Waals surface area contributed by atoms with Crippen LogP contribution in [0.2, 0.25) is 0 Å². The number of ether oxygens (including phenoxy) is 2. The number of nitrogens with zero attached hydrogens (tertiary/aromatic N) is 2. The standard InChI is InChI=1S/C24H25N3O4/c1-17-9-11-18(12-10-17)23-21(15-27(26-23)19-6-3-2-4-7-19)24(29)31-16-22(28)25-14-20-8-5-13-30-20/h2-4,6-7,9-12,15,20H,5,8,13-14,16H2,1H3,(H,25,28)/t20-/m1/s1. The SMILES string of the molecule is Cc1ccc(-c2nn(-c3ccccc3)cc2C(=O)OCC(=O)NC[C@H]2CCCO2)cc1. The maximum atomic E-state index is 12.8. The minimum atomic E-state index is -0.593. The molecule has 1 fully saturated rings. The van der Waals surface area contributed by atoms with Gasteiger partial charge in [-0.05, 0) is 31.9 Å². The molecular formula is C24H25N3O4. The molecule has 3 aromatic rings. The van der Waals surface area contributed by atoms with E-state index in [0.29, 0.717) is 17.8 Å². The fourth-order valence-corrected chi connectivity index (χ4v) is 3.45. The second-order valence-corrected chi connectivity index (χ2v) is 7.55. The molecule has 1 N–H and O–H groups in total. The normalized spacial score (nSPS) is 15.6. The first kappa shape index (κ1) is 20.8. The molecule has 7 heteroatoms. The van der Waals surface area contributed by atoms with Gasteiger partial charge in [0.25, 0.3) is 5.91 Å². The van der Waals surface area contributed by atoms with Crippen molar-refractivity contribution in [3.8, 4) is 16.9 Å². The zero-order valence-electron chi connectivity index (χ0n) is 17.4. The third kappa shape index (κ3) is 5.19. The number of benzene rings is 2. The minimum Gasteiger partial charge on any atom is -0.452 e. The zero-order valence-corrected chi connectivity index (χ0v) is 17.4. The fourth-order valence-electron chi connectivity index (χ4n) is 3.45. The van der Waals surface area contributed by atoms with Gasteiger partial charge in [-0.2, -0.15) is 5.10 Å². The molecule has 1 aliphatic heterocycles. The van der Waals surface area contributed by atoms with Crippen LogP contribution in [0, 0.1) is 6.92 Å². The molecule has 1 atom stereocenters. The van der Waals surface area contributed by atoms with Crippen LogP contribution in [0.3, 0.4) is 0 Å². The van der Waals surface area contributed by atoms with Crippen LogP contribution in [-0.4, -0.2) is 47.5 Å². The molecule has 1 amide bonds. The number of esters is 1. The number of hydrogen-bond acceptors (Lipinski definition) is 5. The molecule has 0 radical (unpaired) electrons. The summed E-state index contributed by atoms with van der Waals surface area (Å²) < 4.78 is 12.4. The molecule has 0 bridgehead atoms. The van der Waals surface area contributed by atoms with E-state index >= 15 is 0 Å². The van der Waals surface area contributed by atoms with Gasteiger partial charge < -0.3 is 14.8 Å². The van der Waals surface area contributed by atoms with Crippen LogP contribution in [0.1, 0.15) is 28.8 Å². The first-order chi connectivity index (χ1) is 15.1. The first-order valence-electron chi connectivity index (χ1n) is 10.4. The molecule has 2 aromatic carbocycles. The highest BCUT2D eigenvalue weighted by atomic mass is 16.5. The number of hydrogen-bond donors (Lipinski definition) is 1. The van der Waals surface area contributed by atoms with E-state index in [9.17, 15) is 9.59 Å². The summed E-state index contributed by atoms with van der Waals surface area (Å²) in [5.74, 6) is -0.943. The number of rotatable bonds is 7. The van der Waals surface area contributed by atoms with Gasteiger partial charge in [0.1, 0.15) is 11.3 Å². The van der Waals surface area contributed by atoms with Gasteiger partial charge >= 0.3 is 5.97 Å². The van der Waals surface area contributed by atoms with Gasteiger partial charge in [0, 0.05) is 24.9 Å². The molecular weight excluding hydrogens is 394 g/mol. The number of carbonyl (C=O) groups is 2. The summed E-state index contributed by atoms with van der Waals surface area (Å²) in [6.07, 6.45) is 3.61. The molecule has 1 aliphatic rings. The lowest BCUT2D eigenvalue weighted by Crippen LogP contribution is -2.34. The van der Waals surface area contributed by atoms with Crippen molar-refractivity contribution < 1.29 is 19.1 Å². The van der Waals surface area contributed by atoms with Gasteiger partial charge in [0.2, 0.25) is 0 Å². The van der Waals surface area contributed by atoms with Crippen molar-refractivity contribution in [1.29, 1.82) is 0 Å². The molecule has 0 aliphatic carbocycles. The van der Waals surface area contributed by atoms with Crippen molar-refractivity contribution in [2.24, 2.45) is 0 Å². The summed E-state index contributed by atoms with van der Waals surface area (Å²) in [7, 11) is 0. The van der Waals surface area contributed by atoms with E-state index in [1.807, 2.05) is 61.5 Å². The second-order valence-electron chi connectivity index (χ2n) is 7.55. The van der Waals surface area contributed by atoms with Crippen LogP contribution in [-0.2, 0) is 14.3 Å². The third-order valence-corrected chi connectivity index (χ3v) is 5.17. The molecule has 31 heavy (non-hydrogen) atoms. The molecule has 0 unspecified atom stereocenters. The van der Waals surface area contributed by atoms with E-state index in [1.165, 1.54) is 0 Å². The Kier molecular flexibility index (Phi) is 6.43. The van der Waals surface area contributed by atoms with E-state index in [2.05, 4.69) is 10.4 Å². The Balaban J connectivity index is 1.49. The molecule has 160 valence electrons. The van der Waals surface area contributed by atoms with Crippen LogP contribution in [0.25, 0.3) is 16.9 Å². The van der Waals surface area contributed by atoms with E-state index in [0.717, 1.165) is 36.3 Å². The lowest BCUT2D eigenvalue weighted by atomic mass is 10.1. The van der Waals surface area contributed by atoms with Crippen LogP contribution in [0.4, 0.5) is 0 Å². The largest absolute Gasteiger partial charge is 0.452 e. The monoisotopic (exact) mass is 419 g/mol. The third-order valence-electron chi connectivity index (χ3n) is 5.17. The minimum absolute atomic E-state index is 0.0388. The van der Waals surface area contributed by atoms with Crippen LogP contribution < -0.4 is 5.32 Å². The summed E-state index contributed by atoms with van der Waals surface area (Å²) in [6, 6.07) is 17.3. The molecule has 4 rings (SSSR count). The van der Waals surface area contributed by atoms with E-state index in [1.54, 1.807) is 10.9 Å². The Hall–Kier alpha value is -3.45. The van der Waals surface area contributed by atoms with Crippen molar-refractivity contribution in [1.82, 2.24) is 15.1 Å². The molecule has 7 nitrogen and oxygen atoms in total. The predicted octanol–water partition coefficient (Wildman–Crippen LogP) is 3.30. The van der Waals surface area contributed by atoms with Crippen LogP contribution in [0.5, 0.6) is 0 Å². The average molecular weight is 419 g/mol. The van der Waals surface area contributed by atoms with Crippen molar-refractivity contribution in [3.05, 3.63) is 71.9 Å². The van der Waals surface area contributed by atoms with Gasteiger partial charge in [-0.15, -0.1) is 0 Å². The summed E-state index contributed by atoms with van der Waals surface area (Å²) in [4.78, 5) is 24.9. The Morgan fingerprint density at radius 2 is 1.94 bits per heavy atom. The quantitative estimate of drug-likeness (QED) is 0.594. The maximum Gasteiger partial charge on any atom is 0.342 e. The Morgan fingerprint density at radius 1 is 1.16 bits per heavy atom. The van der Waals surface area contributed by atoms with Crippen molar-refractivity contribution in [2.45, 2.75) is 25.9 Å². The summed E-state index contributed by atoms with van der Waals surface area (Å²) in [6.45, 7) is 2.80. The van der Waals surface area contributed by atoms with Crippen molar-refractivity contribution in [2.75, 3.05) is 19.8 Å². The predicted molar refractivity (Wildman–Crippen MR) is 116 cm³/mol. The Labute approximate surface area is 181 Å². The first-order valence-corrected chi connectivity index (χ1v) is 10.4. The van der Waals surface area contributed by atoms with Crippen LogP contribution >= 0.6 is 0 Å². The van der Waals surface area contributed by atoms with Crippen molar-refractivity contribution in [3.63, 3.8) is 0 Å². The van der Waals surface area contributed by atoms with Gasteiger partial charge in [0.15, 0.2) is 6.61 Å².